The van der Waals surface area contributed by atoms with Gasteiger partial charge in [0.2, 0.25) is 0 Å². The first kappa shape index (κ1) is 22.1. The van der Waals surface area contributed by atoms with E-state index in [1.54, 1.807) is 33.4 Å². The minimum atomic E-state index is -0.949. The van der Waals surface area contributed by atoms with E-state index in [0.717, 1.165) is 39.7 Å². The number of hydrogen-bond donors (Lipinski definition) is 2. The quantitative estimate of drug-likeness (QED) is 0.383. The molecule has 0 amide bonds. The minimum absolute atomic E-state index is 0.0935. The highest BCUT2D eigenvalue weighted by Gasteiger charge is 2.28. The molecule has 2 aromatic carbocycles. The fourth-order valence-corrected chi connectivity index (χ4v) is 3.14. The number of carboxylic acid groups (broad SMARTS) is 1. The van der Waals surface area contributed by atoms with Crippen molar-refractivity contribution < 1.29 is 19.4 Å². The molecule has 7 heteroatoms. The fraction of sp³-hybridized carbons (Fsp3) is 0.192. The van der Waals surface area contributed by atoms with Gasteiger partial charge in [0.15, 0.2) is 0 Å². The molecule has 0 spiro atoms. The number of aromatic nitrogens is 3. The molecule has 0 fully saturated rings. The van der Waals surface area contributed by atoms with E-state index in [-0.39, 0.29) is 6.61 Å². The Morgan fingerprint density at radius 1 is 0.879 bits per heavy atom. The summed E-state index contributed by atoms with van der Waals surface area (Å²) in [6, 6.07) is 19.1. The van der Waals surface area contributed by atoms with Crippen molar-refractivity contribution in [1.82, 2.24) is 15.0 Å². The van der Waals surface area contributed by atoms with Crippen molar-refractivity contribution >= 4 is 5.97 Å². The Morgan fingerprint density at radius 2 is 1.52 bits per heavy atom. The van der Waals surface area contributed by atoms with Crippen LogP contribution in [0.25, 0.3) is 33.9 Å². The number of pyridine rings is 1. The molecule has 2 heterocycles. The molecule has 0 atom stereocenters. The number of ether oxygens (including phenoxy) is 2. The number of imidazole rings is 1. The molecule has 0 bridgehead atoms. The van der Waals surface area contributed by atoms with E-state index in [0.29, 0.717) is 5.75 Å². The predicted molar refractivity (Wildman–Crippen MR) is 126 cm³/mol. The topological polar surface area (TPSA) is 97.3 Å². The standard InChI is InChI=1S/C26H25N3O4/c1-26(2,25(30)31)16-33-21-11-6-17(7-12-21)22-13-8-19(14-27-22)24-28-15-23(29-24)18-4-9-20(32-3)10-5-18/h4-15H,16H2,1-3H3,(H,28,29)(H,30,31). The Kier molecular flexibility index (Phi) is 6.13. The molecule has 0 saturated heterocycles. The van der Waals surface area contributed by atoms with Gasteiger partial charge in [-0.3, -0.25) is 9.78 Å². The van der Waals surface area contributed by atoms with E-state index >= 15 is 0 Å². The van der Waals surface area contributed by atoms with Crippen LogP contribution in [0.1, 0.15) is 13.8 Å². The second-order valence-electron chi connectivity index (χ2n) is 8.31. The van der Waals surface area contributed by atoms with Gasteiger partial charge in [-0.05, 0) is 80.1 Å². The molecule has 168 valence electrons. The first-order valence-corrected chi connectivity index (χ1v) is 10.5. The monoisotopic (exact) mass is 443 g/mol. The number of carbonyl (C=O) groups is 1. The molecule has 4 aromatic rings. The van der Waals surface area contributed by atoms with E-state index in [1.807, 2.05) is 60.7 Å². The Bertz CT molecular complexity index is 1230. The van der Waals surface area contributed by atoms with Crippen LogP contribution >= 0.6 is 0 Å². The lowest BCUT2D eigenvalue weighted by atomic mass is 9.95. The fourth-order valence-electron chi connectivity index (χ4n) is 3.14. The highest BCUT2D eigenvalue weighted by atomic mass is 16.5. The highest BCUT2D eigenvalue weighted by Crippen LogP contribution is 2.26. The lowest BCUT2D eigenvalue weighted by Crippen LogP contribution is -2.30. The van der Waals surface area contributed by atoms with Crippen LogP contribution in [0.15, 0.2) is 73.1 Å². The average Bonchev–Trinajstić information content (AvgIpc) is 3.34. The summed E-state index contributed by atoms with van der Waals surface area (Å²) in [6.45, 7) is 3.36. The first-order chi connectivity index (χ1) is 15.9. The number of H-pyrrole nitrogens is 1. The van der Waals surface area contributed by atoms with Crippen LogP contribution in [0, 0.1) is 5.41 Å². The second-order valence-corrected chi connectivity index (χ2v) is 8.31. The lowest BCUT2D eigenvalue weighted by molar-refractivity contribution is -0.148. The summed E-state index contributed by atoms with van der Waals surface area (Å²) in [5, 5.41) is 9.20. The number of aliphatic carboxylic acids is 1. The maximum atomic E-state index is 11.2. The predicted octanol–water partition coefficient (Wildman–Crippen LogP) is 5.30. The summed E-state index contributed by atoms with van der Waals surface area (Å²) in [7, 11) is 1.64. The summed E-state index contributed by atoms with van der Waals surface area (Å²) in [5.74, 6) is 1.27. The average molecular weight is 444 g/mol. The molecule has 0 aliphatic heterocycles. The maximum absolute atomic E-state index is 11.2. The molecule has 4 rings (SSSR count). The highest BCUT2D eigenvalue weighted by molar-refractivity contribution is 5.73. The third-order valence-corrected chi connectivity index (χ3v) is 5.34. The van der Waals surface area contributed by atoms with Crippen LogP contribution in [-0.4, -0.2) is 39.7 Å². The smallest absolute Gasteiger partial charge is 0.312 e. The van der Waals surface area contributed by atoms with Gasteiger partial charge >= 0.3 is 5.97 Å². The molecule has 0 unspecified atom stereocenters. The van der Waals surface area contributed by atoms with Gasteiger partial charge in [-0.1, -0.05) is 0 Å². The summed E-state index contributed by atoms with van der Waals surface area (Å²) >= 11 is 0. The summed E-state index contributed by atoms with van der Waals surface area (Å²) in [6.07, 6.45) is 3.58. The molecule has 2 N–H and O–H groups in total. The SMILES string of the molecule is COc1ccc(-c2cnc(-c3ccc(-c4ccc(OCC(C)(C)C(=O)O)cc4)nc3)[nH]2)cc1. The van der Waals surface area contributed by atoms with E-state index in [4.69, 9.17) is 9.47 Å². The number of nitrogens with zero attached hydrogens (tertiary/aromatic N) is 2. The van der Waals surface area contributed by atoms with Gasteiger partial charge in [-0.2, -0.15) is 0 Å². The van der Waals surface area contributed by atoms with Gasteiger partial charge in [-0.25, -0.2) is 4.98 Å². The number of aromatic amines is 1. The van der Waals surface area contributed by atoms with Gasteiger partial charge in [0.05, 0.1) is 30.1 Å². The van der Waals surface area contributed by atoms with Gasteiger partial charge in [0, 0.05) is 17.3 Å². The van der Waals surface area contributed by atoms with Gasteiger partial charge in [0.25, 0.3) is 0 Å². The Balaban J connectivity index is 1.44. The molecule has 33 heavy (non-hydrogen) atoms. The molecular formula is C26H25N3O4. The van der Waals surface area contributed by atoms with Crippen molar-refractivity contribution in [3.05, 3.63) is 73.1 Å². The van der Waals surface area contributed by atoms with Crippen molar-refractivity contribution in [1.29, 1.82) is 0 Å². The maximum Gasteiger partial charge on any atom is 0.312 e. The first-order valence-electron chi connectivity index (χ1n) is 10.5. The van der Waals surface area contributed by atoms with E-state index < -0.39 is 11.4 Å². The number of benzene rings is 2. The molecule has 0 radical (unpaired) electrons. The number of hydrogen-bond acceptors (Lipinski definition) is 5. The number of methoxy groups -OCH3 is 1. The van der Waals surface area contributed by atoms with Crippen LogP contribution in [0.2, 0.25) is 0 Å². The van der Waals surface area contributed by atoms with Crippen LogP contribution < -0.4 is 9.47 Å². The van der Waals surface area contributed by atoms with Crippen molar-refractivity contribution in [3.8, 4) is 45.4 Å². The van der Waals surface area contributed by atoms with Crippen molar-refractivity contribution in [2.75, 3.05) is 13.7 Å². The zero-order chi connectivity index (χ0) is 23.4. The van der Waals surface area contributed by atoms with Crippen LogP contribution in [-0.2, 0) is 4.79 Å². The van der Waals surface area contributed by atoms with E-state index in [2.05, 4.69) is 15.0 Å². The van der Waals surface area contributed by atoms with Crippen LogP contribution in [0.4, 0.5) is 0 Å². The zero-order valence-corrected chi connectivity index (χ0v) is 18.7. The second kappa shape index (κ2) is 9.16. The summed E-state index contributed by atoms with van der Waals surface area (Å²) in [4.78, 5) is 23.6. The summed E-state index contributed by atoms with van der Waals surface area (Å²) in [5.41, 5.74) is 3.62. The molecule has 7 nitrogen and oxygen atoms in total. The van der Waals surface area contributed by atoms with Crippen molar-refractivity contribution in [2.45, 2.75) is 13.8 Å². The minimum Gasteiger partial charge on any atom is -0.497 e. The van der Waals surface area contributed by atoms with Gasteiger partial charge < -0.3 is 19.6 Å². The van der Waals surface area contributed by atoms with Crippen LogP contribution in [0.3, 0.4) is 0 Å². The van der Waals surface area contributed by atoms with Crippen molar-refractivity contribution in [3.63, 3.8) is 0 Å². The normalized spacial score (nSPS) is 11.2. The molecule has 0 aliphatic rings. The van der Waals surface area contributed by atoms with Crippen LogP contribution in [0.5, 0.6) is 11.5 Å². The molecule has 0 aliphatic carbocycles. The molecule has 0 saturated carbocycles. The third kappa shape index (κ3) is 5.03. The Labute approximate surface area is 192 Å². The third-order valence-electron chi connectivity index (χ3n) is 5.34. The number of nitrogens with one attached hydrogen (secondary N) is 1. The van der Waals surface area contributed by atoms with Gasteiger partial charge in [-0.15, -0.1) is 0 Å². The Morgan fingerprint density at radius 3 is 2.12 bits per heavy atom. The van der Waals surface area contributed by atoms with Gasteiger partial charge in [0.1, 0.15) is 23.9 Å². The largest absolute Gasteiger partial charge is 0.497 e. The lowest BCUT2D eigenvalue weighted by Gasteiger charge is -2.19. The van der Waals surface area contributed by atoms with E-state index in [1.165, 1.54) is 0 Å². The number of carboxylic acids is 1. The molecule has 2 aromatic heterocycles. The summed E-state index contributed by atoms with van der Waals surface area (Å²) < 4.78 is 10.8. The zero-order valence-electron chi connectivity index (χ0n) is 18.7. The van der Waals surface area contributed by atoms with Crippen molar-refractivity contribution in [2.24, 2.45) is 5.41 Å². The Hall–Kier alpha value is -4.13. The number of rotatable bonds is 8. The molecular weight excluding hydrogens is 418 g/mol. The van der Waals surface area contributed by atoms with E-state index in [9.17, 15) is 9.90 Å².